The van der Waals surface area contributed by atoms with E-state index in [4.69, 9.17) is 14.2 Å². The van der Waals surface area contributed by atoms with Gasteiger partial charge < -0.3 is 19.5 Å². The van der Waals surface area contributed by atoms with Crippen molar-refractivity contribution < 1.29 is 27.4 Å². The first-order chi connectivity index (χ1) is 11.5. The van der Waals surface area contributed by atoms with Crippen molar-refractivity contribution in [3.63, 3.8) is 0 Å². The summed E-state index contributed by atoms with van der Waals surface area (Å²) in [5.74, 6) is -0.196. The summed E-state index contributed by atoms with van der Waals surface area (Å²) in [7, 11) is 0.612. The zero-order valence-corrected chi connectivity index (χ0v) is 14.9. The van der Waals surface area contributed by atoms with Crippen LogP contribution in [0.25, 0.3) is 0 Å². The second kappa shape index (κ2) is 10.2. The maximum absolute atomic E-state index is 12.4. The molecular formula is C15H24N2O6S. The summed E-state index contributed by atoms with van der Waals surface area (Å²) in [6.07, 6.45) is 0.669. The van der Waals surface area contributed by atoms with Crippen LogP contribution in [0.2, 0.25) is 0 Å². The Kier molecular flexibility index (Phi) is 8.69. The highest BCUT2D eigenvalue weighted by Gasteiger charge is 2.21. The van der Waals surface area contributed by atoms with Gasteiger partial charge in [-0.1, -0.05) is 0 Å². The first kappa shape index (κ1) is 20.4. The van der Waals surface area contributed by atoms with E-state index in [0.717, 1.165) is 0 Å². The predicted octanol–water partition coefficient (Wildman–Crippen LogP) is 0.386. The SMILES string of the molecule is COCCCNC(=O)c1ccc(OC)c(S(=O)(=O)NCCOC)c1. The van der Waals surface area contributed by atoms with Gasteiger partial charge in [0.1, 0.15) is 10.6 Å². The Labute approximate surface area is 142 Å². The standard InChI is InChI=1S/C15H24N2O6S/c1-21-9-4-7-16-15(18)12-5-6-13(23-3)14(11-12)24(19,20)17-8-10-22-2/h5-6,11,17H,4,7-10H2,1-3H3,(H,16,18). The van der Waals surface area contributed by atoms with Crippen molar-refractivity contribution in [1.82, 2.24) is 10.0 Å². The highest BCUT2D eigenvalue weighted by Crippen LogP contribution is 2.24. The zero-order chi connectivity index (χ0) is 18.0. The Balaban J connectivity index is 2.93. The minimum atomic E-state index is -3.82. The molecule has 0 heterocycles. The molecular weight excluding hydrogens is 336 g/mol. The first-order valence-electron chi connectivity index (χ1n) is 7.40. The maximum atomic E-state index is 12.4. The van der Waals surface area contributed by atoms with Crippen molar-refractivity contribution in [3.05, 3.63) is 23.8 Å². The quantitative estimate of drug-likeness (QED) is 0.553. The lowest BCUT2D eigenvalue weighted by Crippen LogP contribution is -2.29. The molecule has 0 bridgehead atoms. The fourth-order valence-electron chi connectivity index (χ4n) is 1.90. The number of hydrogen-bond acceptors (Lipinski definition) is 6. The zero-order valence-electron chi connectivity index (χ0n) is 14.1. The molecule has 0 saturated heterocycles. The summed E-state index contributed by atoms with van der Waals surface area (Å²) >= 11 is 0. The number of rotatable bonds is 11. The Morgan fingerprint density at radius 2 is 1.79 bits per heavy atom. The topological polar surface area (TPSA) is 103 Å². The Morgan fingerprint density at radius 3 is 2.42 bits per heavy atom. The van der Waals surface area contributed by atoms with E-state index in [0.29, 0.717) is 19.6 Å². The molecule has 0 spiro atoms. The number of hydrogen-bond donors (Lipinski definition) is 2. The first-order valence-corrected chi connectivity index (χ1v) is 8.88. The minimum absolute atomic E-state index is 0.0920. The van der Waals surface area contributed by atoms with Gasteiger partial charge in [0, 0.05) is 39.5 Å². The van der Waals surface area contributed by atoms with Crippen LogP contribution < -0.4 is 14.8 Å². The van der Waals surface area contributed by atoms with Crippen LogP contribution in [0.4, 0.5) is 0 Å². The molecule has 24 heavy (non-hydrogen) atoms. The molecule has 8 nitrogen and oxygen atoms in total. The fourth-order valence-corrected chi connectivity index (χ4v) is 3.11. The highest BCUT2D eigenvalue weighted by atomic mass is 32.2. The van der Waals surface area contributed by atoms with Crippen molar-refractivity contribution >= 4 is 15.9 Å². The number of amides is 1. The van der Waals surface area contributed by atoms with Crippen molar-refractivity contribution in [3.8, 4) is 5.75 Å². The second-order valence-electron chi connectivity index (χ2n) is 4.86. The molecule has 0 aliphatic carbocycles. The normalized spacial score (nSPS) is 11.3. The van der Waals surface area contributed by atoms with Gasteiger partial charge in [-0.05, 0) is 24.6 Å². The summed E-state index contributed by atoms with van der Waals surface area (Å²) in [4.78, 5) is 12.0. The largest absolute Gasteiger partial charge is 0.495 e. The molecule has 0 saturated carbocycles. The van der Waals surface area contributed by atoms with Gasteiger partial charge in [-0.15, -0.1) is 0 Å². The molecule has 0 aliphatic heterocycles. The number of nitrogens with one attached hydrogen (secondary N) is 2. The van der Waals surface area contributed by atoms with Crippen LogP contribution in [0.5, 0.6) is 5.75 Å². The molecule has 1 rings (SSSR count). The van der Waals surface area contributed by atoms with Crippen molar-refractivity contribution in [2.45, 2.75) is 11.3 Å². The average molecular weight is 360 g/mol. The van der Waals surface area contributed by atoms with Gasteiger partial charge in [0.15, 0.2) is 0 Å². The van der Waals surface area contributed by atoms with E-state index in [1.54, 1.807) is 7.11 Å². The highest BCUT2D eigenvalue weighted by molar-refractivity contribution is 7.89. The van der Waals surface area contributed by atoms with Crippen LogP contribution >= 0.6 is 0 Å². The van der Waals surface area contributed by atoms with Crippen molar-refractivity contribution in [2.75, 3.05) is 47.6 Å². The van der Waals surface area contributed by atoms with Gasteiger partial charge in [0.2, 0.25) is 10.0 Å². The lowest BCUT2D eigenvalue weighted by Gasteiger charge is -2.12. The number of benzene rings is 1. The number of carbonyl (C=O) groups is 1. The summed E-state index contributed by atoms with van der Waals surface area (Å²) < 4.78 is 41.9. The van der Waals surface area contributed by atoms with Crippen LogP contribution in [-0.4, -0.2) is 62.0 Å². The van der Waals surface area contributed by atoms with Crippen LogP contribution in [0.15, 0.2) is 23.1 Å². The van der Waals surface area contributed by atoms with Crippen molar-refractivity contribution in [1.29, 1.82) is 0 Å². The third-order valence-corrected chi connectivity index (χ3v) is 4.61. The lowest BCUT2D eigenvalue weighted by atomic mass is 10.2. The smallest absolute Gasteiger partial charge is 0.251 e. The third-order valence-electron chi connectivity index (χ3n) is 3.12. The molecule has 1 amide bonds. The third kappa shape index (κ3) is 6.08. The Hall–Kier alpha value is -1.68. The van der Waals surface area contributed by atoms with E-state index in [1.807, 2.05) is 0 Å². The van der Waals surface area contributed by atoms with Crippen LogP contribution in [0.1, 0.15) is 16.8 Å². The van der Waals surface area contributed by atoms with Crippen LogP contribution in [-0.2, 0) is 19.5 Å². The molecule has 1 aromatic carbocycles. The molecule has 2 N–H and O–H groups in total. The molecule has 0 aliphatic rings. The summed E-state index contributed by atoms with van der Waals surface area (Å²) in [5, 5.41) is 2.71. The molecule has 0 unspecified atom stereocenters. The molecule has 0 atom stereocenters. The summed E-state index contributed by atoms with van der Waals surface area (Å²) in [6.45, 7) is 1.33. The Bertz CT molecular complexity index is 633. The summed E-state index contributed by atoms with van der Waals surface area (Å²) in [6, 6.07) is 4.26. The summed E-state index contributed by atoms with van der Waals surface area (Å²) in [5.41, 5.74) is 0.236. The van der Waals surface area contributed by atoms with Gasteiger partial charge in [0.25, 0.3) is 5.91 Å². The molecule has 0 aromatic heterocycles. The molecule has 0 radical (unpaired) electrons. The predicted molar refractivity (Wildman–Crippen MR) is 88.9 cm³/mol. The number of carbonyl (C=O) groups excluding carboxylic acids is 1. The average Bonchev–Trinajstić information content (AvgIpc) is 2.58. The Morgan fingerprint density at radius 1 is 1.08 bits per heavy atom. The van der Waals surface area contributed by atoms with Gasteiger partial charge in [-0.2, -0.15) is 0 Å². The van der Waals surface area contributed by atoms with Crippen LogP contribution in [0, 0.1) is 0 Å². The van der Waals surface area contributed by atoms with E-state index in [-0.39, 0.29) is 35.3 Å². The van der Waals surface area contributed by atoms with Gasteiger partial charge in [0.05, 0.1) is 13.7 Å². The van der Waals surface area contributed by atoms with Crippen LogP contribution in [0.3, 0.4) is 0 Å². The van der Waals surface area contributed by atoms with Gasteiger partial charge in [-0.25, -0.2) is 13.1 Å². The molecule has 0 fully saturated rings. The van der Waals surface area contributed by atoms with E-state index >= 15 is 0 Å². The molecule has 1 aromatic rings. The van der Waals surface area contributed by atoms with E-state index < -0.39 is 10.0 Å². The second-order valence-corrected chi connectivity index (χ2v) is 6.59. The van der Waals surface area contributed by atoms with Gasteiger partial charge >= 0.3 is 0 Å². The van der Waals surface area contributed by atoms with E-state index in [2.05, 4.69) is 10.0 Å². The number of sulfonamides is 1. The fraction of sp³-hybridized carbons (Fsp3) is 0.533. The number of methoxy groups -OCH3 is 3. The lowest BCUT2D eigenvalue weighted by molar-refractivity contribution is 0.0948. The minimum Gasteiger partial charge on any atom is -0.495 e. The molecule has 9 heteroatoms. The number of ether oxygens (including phenoxy) is 3. The monoisotopic (exact) mass is 360 g/mol. The van der Waals surface area contributed by atoms with E-state index in [1.165, 1.54) is 32.4 Å². The van der Waals surface area contributed by atoms with E-state index in [9.17, 15) is 13.2 Å². The molecule has 136 valence electrons. The maximum Gasteiger partial charge on any atom is 0.251 e. The van der Waals surface area contributed by atoms with Crippen molar-refractivity contribution in [2.24, 2.45) is 0 Å². The van der Waals surface area contributed by atoms with Gasteiger partial charge in [-0.3, -0.25) is 4.79 Å².